The SMILES string of the molecule is CS[C@H]1CC[C@@H](N(C)C(=O)c2oc3ccc(Br)cc3c2C)C1. The summed E-state index contributed by atoms with van der Waals surface area (Å²) in [6.45, 7) is 1.96. The highest BCUT2D eigenvalue weighted by molar-refractivity contribution is 9.10. The van der Waals surface area contributed by atoms with Gasteiger partial charge in [-0.05, 0) is 50.6 Å². The maximum absolute atomic E-state index is 12.8. The number of amides is 1. The van der Waals surface area contributed by atoms with Gasteiger partial charge in [-0.2, -0.15) is 11.8 Å². The third kappa shape index (κ3) is 2.81. The molecule has 5 heteroatoms. The number of nitrogens with zero attached hydrogens (tertiary/aromatic N) is 1. The molecule has 3 nitrogen and oxygen atoms in total. The molecule has 1 saturated carbocycles. The lowest BCUT2D eigenvalue weighted by Crippen LogP contribution is -2.35. The number of hydrogen-bond acceptors (Lipinski definition) is 3. The van der Waals surface area contributed by atoms with Crippen LogP contribution in [-0.4, -0.2) is 35.4 Å². The van der Waals surface area contributed by atoms with Gasteiger partial charge < -0.3 is 9.32 Å². The Morgan fingerprint density at radius 2 is 2.18 bits per heavy atom. The molecule has 1 heterocycles. The number of benzene rings is 1. The molecule has 118 valence electrons. The van der Waals surface area contributed by atoms with E-state index in [1.807, 2.05) is 48.8 Å². The average molecular weight is 382 g/mol. The van der Waals surface area contributed by atoms with Crippen molar-refractivity contribution in [1.29, 1.82) is 0 Å². The first-order valence-electron chi connectivity index (χ1n) is 7.50. The van der Waals surface area contributed by atoms with Crippen molar-refractivity contribution in [3.63, 3.8) is 0 Å². The number of carbonyl (C=O) groups is 1. The summed E-state index contributed by atoms with van der Waals surface area (Å²) < 4.78 is 6.83. The smallest absolute Gasteiger partial charge is 0.289 e. The normalized spacial score (nSPS) is 21.5. The molecule has 3 rings (SSSR count). The van der Waals surface area contributed by atoms with Crippen LogP contribution in [0.2, 0.25) is 0 Å². The van der Waals surface area contributed by atoms with Crippen molar-refractivity contribution in [2.45, 2.75) is 37.5 Å². The van der Waals surface area contributed by atoms with Gasteiger partial charge in [-0.1, -0.05) is 15.9 Å². The van der Waals surface area contributed by atoms with Gasteiger partial charge in [-0.15, -0.1) is 0 Å². The first-order chi connectivity index (χ1) is 10.5. The molecule has 1 amide bonds. The first kappa shape index (κ1) is 15.9. The molecule has 0 saturated heterocycles. The van der Waals surface area contributed by atoms with Crippen LogP contribution < -0.4 is 0 Å². The van der Waals surface area contributed by atoms with E-state index in [0.717, 1.165) is 33.8 Å². The Hall–Kier alpha value is -0.940. The van der Waals surface area contributed by atoms with Gasteiger partial charge in [-0.25, -0.2) is 0 Å². The van der Waals surface area contributed by atoms with Gasteiger partial charge in [0.05, 0.1) is 0 Å². The van der Waals surface area contributed by atoms with Crippen molar-refractivity contribution in [3.8, 4) is 0 Å². The summed E-state index contributed by atoms with van der Waals surface area (Å²) in [4.78, 5) is 14.7. The minimum atomic E-state index is -0.00317. The zero-order chi connectivity index (χ0) is 15.9. The molecule has 2 aromatic rings. The molecular weight excluding hydrogens is 362 g/mol. The Balaban J connectivity index is 1.87. The van der Waals surface area contributed by atoms with E-state index in [0.29, 0.717) is 17.1 Å². The molecule has 0 bridgehead atoms. The molecule has 0 radical (unpaired) electrons. The Kier molecular flexibility index (Phi) is 4.55. The number of halogens is 1. The largest absolute Gasteiger partial charge is 0.451 e. The molecule has 1 aliphatic carbocycles. The van der Waals surface area contributed by atoms with Crippen LogP contribution in [-0.2, 0) is 0 Å². The number of fused-ring (bicyclic) bond motifs is 1. The molecule has 0 N–H and O–H groups in total. The minimum Gasteiger partial charge on any atom is -0.451 e. The number of hydrogen-bond donors (Lipinski definition) is 0. The quantitative estimate of drug-likeness (QED) is 0.760. The summed E-state index contributed by atoms with van der Waals surface area (Å²) in [5, 5.41) is 1.67. The van der Waals surface area contributed by atoms with E-state index in [9.17, 15) is 4.79 Å². The maximum atomic E-state index is 12.8. The van der Waals surface area contributed by atoms with Crippen molar-refractivity contribution in [1.82, 2.24) is 4.90 Å². The number of thioether (sulfide) groups is 1. The number of rotatable bonds is 3. The second kappa shape index (κ2) is 6.28. The standard InChI is InChI=1S/C17H20BrNO2S/c1-10-14-8-11(18)4-7-15(14)21-16(10)17(20)19(2)12-5-6-13(9-12)22-3/h4,7-8,12-13H,5-6,9H2,1-3H3/t12-,13+/m1/s1. The zero-order valence-electron chi connectivity index (χ0n) is 13.1. The summed E-state index contributed by atoms with van der Waals surface area (Å²) in [5.74, 6) is 0.472. The van der Waals surface area contributed by atoms with Gasteiger partial charge in [-0.3, -0.25) is 4.79 Å². The summed E-state index contributed by atoms with van der Waals surface area (Å²) in [6.07, 6.45) is 5.50. The highest BCUT2D eigenvalue weighted by Crippen LogP contribution is 2.33. The molecule has 1 aromatic carbocycles. The van der Waals surface area contributed by atoms with Gasteiger partial charge in [0, 0.05) is 33.8 Å². The number of furan rings is 1. The van der Waals surface area contributed by atoms with Crippen LogP contribution in [0, 0.1) is 6.92 Å². The lowest BCUT2D eigenvalue weighted by atomic mass is 10.1. The van der Waals surface area contributed by atoms with Gasteiger partial charge >= 0.3 is 0 Å². The molecule has 0 spiro atoms. The van der Waals surface area contributed by atoms with Crippen molar-refractivity contribution in [3.05, 3.63) is 34.0 Å². The summed E-state index contributed by atoms with van der Waals surface area (Å²) in [5.41, 5.74) is 1.69. The van der Waals surface area contributed by atoms with Crippen LogP contribution in [0.25, 0.3) is 11.0 Å². The van der Waals surface area contributed by atoms with E-state index in [-0.39, 0.29) is 5.91 Å². The van der Waals surface area contributed by atoms with Crippen molar-refractivity contribution >= 4 is 44.6 Å². The zero-order valence-corrected chi connectivity index (χ0v) is 15.5. The molecule has 0 unspecified atom stereocenters. The third-order valence-electron chi connectivity index (χ3n) is 4.65. The van der Waals surface area contributed by atoms with Crippen LogP contribution in [0.1, 0.15) is 35.4 Å². The van der Waals surface area contributed by atoms with Crippen LogP contribution in [0.15, 0.2) is 27.1 Å². The second-order valence-corrected chi connectivity index (χ2v) is 7.99. The van der Waals surface area contributed by atoms with Crippen LogP contribution >= 0.6 is 27.7 Å². The maximum Gasteiger partial charge on any atom is 0.289 e. The molecule has 1 aliphatic rings. The summed E-state index contributed by atoms with van der Waals surface area (Å²) in [6, 6.07) is 6.17. The first-order valence-corrected chi connectivity index (χ1v) is 9.58. The van der Waals surface area contributed by atoms with E-state index in [4.69, 9.17) is 4.42 Å². The molecule has 22 heavy (non-hydrogen) atoms. The Bertz CT molecular complexity index is 712. The van der Waals surface area contributed by atoms with E-state index in [1.165, 1.54) is 6.42 Å². The lowest BCUT2D eigenvalue weighted by molar-refractivity contribution is 0.0704. The predicted octanol–water partition coefficient (Wildman–Crippen LogP) is 4.86. The topological polar surface area (TPSA) is 33.5 Å². The number of aryl methyl sites for hydroxylation is 1. The Morgan fingerprint density at radius 3 is 2.86 bits per heavy atom. The van der Waals surface area contributed by atoms with Crippen LogP contribution in [0.4, 0.5) is 0 Å². The van der Waals surface area contributed by atoms with E-state index in [2.05, 4.69) is 22.2 Å². The fourth-order valence-corrected chi connectivity index (χ4v) is 4.35. The Morgan fingerprint density at radius 1 is 1.41 bits per heavy atom. The fraction of sp³-hybridized carbons (Fsp3) is 0.471. The monoisotopic (exact) mass is 381 g/mol. The van der Waals surface area contributed by atoms with Crippen molar-refractivity contribution in [2.75, 3.05) is 13.3 Å². The average Bonchev–Trinajstić information content (AvgIpc) is 3.11. The van der Waals surface area contributed by atoms with Crippen molar-refractivity contribution < 1.29 is 9.21 Å². The molecule has 1 fully saturated rings. The summed E-state index contributed by atoms with van der Waals surface area (Å²) >= 11 is 5.37. The van der Waals surface area contributed by atoms with Crippen molar-refractivity contribution in [2.24, 2.45) is 0 Å². The van der Waals surface area contributed by atoms with Crippen LogP contribution in [0.5, 0.6) is 0 Å². The molecular formula is C17H20BrNO2S. The van der Waals surface area contributed by atoms with E-state index >= 15 is 0 Å². The minimum absolute atomic E-state index is 0.00317. The highest BCUT2D eigenvalue weighted by atomic mass is 79.9. The van der Waals surface area contributed by atoms with Gasteiger partial charge in [0.25, 0.3) is 5.91 Å². The Labute approximate surface area is 143 Å². The van der Waals surface area contributed by atoms with E-state index in [1.54, 1.807) is 0 Å². The van der Waals surface area contributed by atoms with Gasteiger partial charge in [0.1, 0.15) is 5.58 Å². The lowest BCUT2D eigenvalue weighted by Gasteiger charge is -2.24. The summed E-state index contributed by atoms with van der Waals surface area (Å²) in [7, 11) is 1.90. The predicted molar refractivity (Wildman–Crippen MR) is 95.7 cm³/mol. The number of carbonyl (C=O) groups excluding carboxylic acids is 1. The molecule has 0 aliphatic heterocycles. The van der Waals surface area contributed by atoms with Gasteiger partial charge in [0.2, 0.25) is 0 Å². The third-order valence-corrected chi connectivity index (χ3v) is 6.24. The van der Waals surface area contributed by atoms with Gasteiger partial charge in [0.15, 0.2) is 5.76 Å². The molecule has 1 aromatic heterocycles. The van der Waals surface area contributed by atoms with Crippen LogP contribution in [0.3, 0.4) is 0 Å². The molecule has 2 atom stereocenters. The fourth-order valence-electron chi connectivity index (χ4n) is 3.21. The highest BCUT2D eigenvalue weighted by Gasteiger charge is 2.31. The van der Waals surface area contributed by atoms with E-state index < -0.39 is 0 Å². The second-order valence-electron chi connectivity index (χ2n) is 5.94.